The Morgan fingerprint density at radius 3 is 1.89 bits per heavy atom. The highest BCUT2D eigenvalue weighted by Gasteiger charge is 2.86. The second-order valence-electron chi connectivity index (χ2n) is 5.15. The Kier molecular flexibility index (Phi) is 4.90. The van der Waals surface area contributed by atoms with E-state index in [-0.39, 0.29) is 5.39 Å². The normalized spacial score (nSPS) is 14.3. The Bertz CT molecular complexity index is 1060. The van der Waals surface area contributed by atoms with Crippen molar-refractivity contribution in [3.63, 3.8) is 0 Å². The number of benzene rings is 1. The number of alkyl halides is 9. The minimum absolute atomic E-state index is 0.0880. The molecular formula is C13H5F9O5S. The summed E-state index contributed by atoms with van der Waals surface area (Å²) in [7, 11) is -7.08. The molecule has 0 saturated heterocycles. The average molecular weight is 444 g/mol. The maximum Gasteiger partial charge on any atom is 0.460 e. The summed E-state index contributed by atoms with van der Waals surface area (Å²) in [4.78, 5) is 11.0. The number of fused-ring (bicyclic) bond motifs is 1. The van der Waals surface area contributed by atoms with E-state index in [9.17, 15) is 52.7 Å². The van der Waals surface area contributed by atoms with E-state index in [1.807, 2.05) is 0 Å². The third-order valence-electron chi connectivity index (χ3n) is 3.23. The van der Waals surface area contributed by atoms with Crippen LogP contribution in [0.1, 0.15) is 0 Å². The second kappa shape index (κ2) is 6.28. The van der Waals surface area contributed by atoms with Crippen LogP contribution in [-0.2, 0) is 10.1 Å². The quantitative estimate of drug-likeness (QED) is 0.397. The first-order valence-corrected chi connectivity index (χ1v) is 8.03. The van der Waals surface area contributed by atoms with Gasteiger partial charge in [-0.3, -0.25) is 0 Å². The summed E-state index contributed by atoms with van der Waals surface area (Å²) in [5.41, 5.74) is -1.47. The van der Waals surface area contributed by atoms with Crippen molar-refractivity contribution in [3.8, 4) is 5.75 Å². The molecule has 156 valence electrons. The zero-order valence-electron chi connectivity index (χ0n) is 12.7. The van der Waals surface area contributed by atoms with E-state index in [4.69, 9.17) is 0 Å². The Morgan fingerprint density at radius 1 is 0.821 bits per heavy atom. The molecule has 0 radical (unpaired) electrons. The van der Waals surface area contributed by atoms with E-state index in [0.717, 1.165) is 18.2 Å². The summed E-state index contributed by atoms with van der Waals surface area (Å²) < 4.78 is 146. The van der Waals surface area contributed by atoms with Crippen molar-refractivity contribution in [1.82, 2.24) is 0 Å². The van der Waals surface area contributed by atoms with Gasteiger partial charge < -0.3 is 8.60 Å². The molecule has 0 N–H and O–H groups in total. The third-order valence-corrected chi connectivity index (χ3v) is 4.53. The lowest BCUT2D eigenvalue weighted by molar-refractivity contribution is -0.382. The molecule has 1 aromatic carbocycles. The van der Waals surface area contributed by atoms with E-state index in [1.165, 1.54) is 0 Å². The molecule has 15 heteroatoms. The van der Waals surface area contributed by atoms with E-state index < -0.39 is 50.4 Å². The van der Waals surface area contributed by atoms with Crippen LogP contribution in [0, 0.1) is 0 Å². The molecule has 2 aromatic rings. The molecule has 5 nitrogen and oxygen atoms in total. The largest absolute Gasteiger partial charge is 0.460 e. The molecular weight excluding hydrogens is 439 g/mol. The van der Waals surface area contributed by atoms with E-state index in [1.54, 1.807) is 0 Å². The highest BCUT2D eigenvalue weighted by Crippen LogP contribution is 2.54. The number of hydrogen-bond acceptors (Lipinski definition) is 5. The number of halogens is 9. The predicted octanol–water partition coefficient (Wildman–Crippen LogP) is 3.93. The summed E-state index contributed by atoms with van der Waals surface area (Å²) in [6.45, 7) is 0. The van der Waals surface area contributed by atoms with Gasteiger partial charge in [0.1, 0.15) is 11.3 Å². The van der Waals surface area contributed by atoms with Crippen LogP contribution in [0.4, 0.5) is 39.5 Å². The van der Waals surface area contributed by atoms with Crippen molar-refractivity contribution in [2.75, 3.05) is 0 Å². The number of hydrogen-bond donors (Lipinski definition) is 0. The Labute approximate surface area is 148 Å². The van der Waals surface area contributed by atoms with Crippen LogP contribution in [0.3, 0.4) is 0 Å². The summed E-state index contributed by atoms with van der Waals surface area (Å²) in [6, 6.07) is 3.98. The minimum atomic E-state index is -7.42. The van der Waals surface area contributed by atoms with Crippen LogP contribution < -0.4 is 9.81 Å². The molecule has 0 aliphatic heterocycles. The van der Waals surface area contributed by atoms with Crippen LogP contribution in [-0.4, -0.2) is 31.7 Å². The molecule has 0 unspecified atom stereocenters. The van der Waals surface area contributed by atoms with Gasteiger partial charge >= 0.3 is 39.0 Å². The van der Waals surface area contributed by atoms with Crippen molar-refractivity contribution in [3.05, 3.63) is 40.8 Å². The lowest BCUT2D eigenvalue weighted by atomic mass is 10.1. The molecule has 0 aliphatic rings. The second-order valence-corrected chi connectivity index (χ2v) is 6.74. The zero-order valence-corrected chi connectivity index (χ0v) is 13.6. The Balaban J connectivity index is 2.49. The SMILES string of the molecule is O=c1ccc2ccc(OS(=O)(=O)C(F)(F)C(F)(F)C(F)(F)C(F)(F)F)cc2o1. The molecule has 1 aromatic heterocycles. The van der Waals surface area contributed by atoms with Gasteiger partial charge in [-0.25, -0.2) is 4.79 Å². The van der Waals surface area contributed by atoms with Crippen molar-refractivity contribution < 1.29 is 56.5 Å². The van der Waals surface area contributed by atoms with E-state index in [0.29, 0.717) is 12.1 Å². The molecule has 0 aliphatic carbocycles. The molecule has 0 bridgehead atoms. The summed E-state index contributed by atoms with van der Waals surface area (Å²) in [5, 5.41) is -6.91. The summed E-state index contributed by atoms with van der Waals surface area (Å²) in [5.74, 6) is -16.0. The van der Waals surface area contributed by atoms with Gasteiger partial charge in [-0.05, 0) is 18.2 Å². The maximum absolute atomic E-state index is 13.6. The topological polar surface area (TPSA) is 73.6 Å². The Hall–Kier alpha value is -2.45. The van der Waals surface area contributed by atoms with Gasteiger partial charge in [-0.1, -0.05) is 0 Å². The fourth-order valence-electron chi connectivity index (χ4n) is 1.79. The molecule has 0 spiro atoms. The van der Waals surface area contributed by atoms with Gasteiger partial charge in [0.2, 0.25) is 0 Å². The lowest BCUT2D eigenvalue weighted by Gasteiger charge is -2.32. The Morgan fingerprint density at radius 2 is 1.36 bits per heavy atom. The first kappa shape index (κ1) is 21.8. The monoisotopic (exact) mass is 444 g/mol. The standard InChI is InChI=1S/C13H5F9O5S/c14-10(15,12(18,19)20)11(16,17)13(21,22)28(24,25)27-7-3-1-6-2-4-9(23)26-8(6)5-7/h1-5H. The van der Waals surface area contributed by atoms with Crippen LogP contribution in [0.2, 0.25) is 0 Å². The fourth-order valence-corrected chi connectivity index (χ4v) is 2.69. The van der Waals surface area contributed by atoms with Gasteiger partial charge in [-0.2, -0.15) is 47.9 Å². The highest BCUT2D eigenvalue weighted by atomic mass is 32.2. The van der Waals surface area contributed by atoms with Crippen molar-refractivity contribution in [1.29, 1.82) is 0 Å². The first-order chi connectivity index (χ1) is 12.4. The van der Waals surface area contributed by atoms with Gasteiger partial charge in [0.15, 0.2) is 0 Å². The molecule has 28 heavy (non-hydrogen) atoms. The van der Waals surface area contributed by atoms with Crippen LogP contribution in [0.15, 0.2) is 39.5 Å². The van der Waals surface area contributed by atoms with Crippen molar-refractivity contribution in [2.24, 2.45) is 0 Å². The highest BCUT2D eigenvalue weighted by molar-refractivity contribution is 7.88. The van der Waals surface area contributed by atoms with Crippen LogP contribution >= 0.6 is 0 Å². The molecule has 1 heterocycles. The molecule has 2 rings (SSSR count). The molecule has 0 fully saturated rings. The average Bonchev–Trinajstić information content (AvgIpc) is 2.52. The van der Waals surface area contributed by atoms with Gasteiger partial charge in [-0.15, -0.1) is 0 Å². The summed E-state index contributed by atoms with van der Waals surface area (Å²) >= 11 is 0. The molecule has 0 saturated carbocycles. The molecule has 0 atom stereocenters. The number of rotatable bonds is 5. The van der Waals surface area contributed by atoms with Gasteiger partial charge in [0.25, 0.3) is 0 Å². The van der Waals surface area contributed by atoms with E-state index in [2.05, 4.69) is 8.60 Å². The lowest BCUT2D eigenvalue weighted by Crippen LogP contribution is -2.63. The minimum Gasteiger partial charge on any atom is -0.423 e. The van der Waals surface area contributed by atoms with Crippen molar-refractivity contribution in [2.45, 2.75) is 23.3 Å². The van der Waals surface area contributed by atoms with Crippen LogP contribution in [0.25, 0.3) is 11.0 Å². The summed E-state index contributed by atoms with van der Waals surface area (Å²) in [6.07, 6.45) is -7.19. The fraction of sp³-hybridized carbons (Fsp3) is 0.308. The smallest absolute Gasteiger partial charge is 0.423 e. The van der Waals surface area contributed by atoms with Gasteiger partial charge in [0, 0.05) is 17.5 Å². The van der Waals surface area contributed by atoms with Gasteiger partial charge in [0.05, 0.1) is 0 Å². The maximum atomic E-state index is 13.6. The zero-order chi connectivity index (χ0) is 21.8. The predicted molar refractivity (Wildman–Crippen MR) is 72.9 cm³/mol. The van der Waals surface area contributed by atoms with Crippen molar-refractivity contribution >= 4 is 21.1 Å². The molecule has 0 amide bonds. The van der Waals surface area contributed by atoms with E-state index >= 15 is 0 Å². The third kappa shape index (κ3) is 3.27. The first-order valence-electron chi connectivity index (χ1n) is 6.62. The van der Waals surface area contributed by atoms with Crippen LogP contribution in [0.5, 0.6) is 5.75 Å².